The number of halogens is 1. The quantitative estimate of drug-likeness (QED) is 0.848. The van der Waals surface area contributed by atoms with Gasteiger partial charge in [0.1, 0.15) is 5.15 Å². The van der Waals surface area contributed by atoms with Gasteiger partial charge in [-0.05, 0) is 75.2 Å². The number of H-pyrrole nitrogens is 1. The molecule has 3 aliphatic heterocycles. The maximum Gasteiger partial charge on any atom is 0.251 e. The van der Waals surface area contributed by atoms with Crippen molar-refractivity contribution in [2.75, 3.05) is 13.1 Å². The van der Waals surface area contributed by atoms with E-state index in [0.717, 1.165) is 15.5 Å². The van der Waals surface area contributed by atoms with Crippen LogP contribution in [0.1, 0.15) is 30.1 Å². The molecule has 1 aromatic heterocycles. The Morgan fingerprint density at radius 3 is 2.52 bits per heavy atom. The summed E-state index contributed by atoms with van der Waals surface area (Å²) in [7, 11) is 0. The molecule has 3 aliphatic rings. The summed E-state index contributed by atoms with van der Waals surface area (Å²) in [6.07, 6.45) is 2.40. The number of aromatic nitrogens is 1. The summed E-state index contributed by atoms with van der Waals surface area (Å²) >= 11 is 7.50. The average Bonchev–Trinajstić information content (AvgIpc) is 3.04. The van der Waals surface area contributed by atoms with E-state index >= 15 is 0 Å². The van der Waals surface area contributed by atoms with E-state index in [9.17, 15) is 4.79 Å². The molecule has 1 aromatic carbocycles. The van der Waals surface area contributed by atoms with Gasteiger partial charge in [0.15, 0.2) is 0 Å². The number of hydrogen-bond donors (Lipinski definition) is 2. The molecule has 0 unspecified atom stereocenters. The highest BCUT2D eigenvalue weighted by molar-refractivity contribution is 7.99. The number of amides is 1. The van der Waals surface area contributed by atoms with Crippen molar-refractivity contribution in [3.63, 3.8) is 0 Å². The van der Waals surface area contributed by atoms with Crippen LogP contribution in [0.4, 0.5) is 0 Å². The summed E-state index contributed by atoms with van der Waals surface area (Å²) in [5, 5.41) is 4.90. The second-order valence-corrected chi connectivity index (χ2v) is 8.43. The van der Waals surface area contributed by atoms with Gasteiger partial charge < -0.3 is 10.3 Å². The van der Waals surface area contributed by atoms with Gasteiger partial charge >= 0.3 is 0 Å². The molecule has 2 N–H and O–H groups in total. The first-order valence-corrected chi connectivity index (χ1v) is 9.97. The van der Waals surface area contributed by atoms with Gasteiger partial charge in [0.05, 0.1) is 5.03 Å². The molecule has 1 amide bonds. The first kappa shape index (κ1) is 17.0. The molecule has 2 bridgehead atoms. The van der Waals surface area contributed by atoms with E-state index < -0.39 is 0 Å². The third-order valence-corrected chi connectivity index (χ3v) is 6.63. The predicted octanol–water partition coefficient (Wildman–Crippen LogP) is 4.03. The Morgan fingerprint density at radius 2 is 1.92 bits per heavy atom. The maximum absolute atomic E-state index is 12.6. The summed E-state index contributed by atoms with van der Waals surface area (Å²) in [6, 6.07) is 12.2. The lowest BCUT2D eigenvalue weighted by Crippen LogP contribution is -2.62. The van der Waals surface area contributed by atoms with Crippen LogP contribution in [0.5, 0.6) is 0 Å². The molecule has 3 fully saturated rings. The first-order chi connectivity index (χ1) is 12.1. The van der Waals surface area contributed by atoms with E-state index in [2.05, 4.69) is 22.1 Å². The molecule has 0 saturated carbocycles. The minimum absolute atomic E-state index is 0.0325. The maximum atomic E-state index is 12.6. The highest BCUT2D eigenvalue weighted by atomic mass is 35.5. The zero-order valence-corrected chi connectivity index (χ0v) is 15.7. The van der Waals surface area contributed by atoms with Crippen molar-refractivity contribution in [2.24, 2.45) is 5.92 Å². The van der Waals surface area contributed by atoms with E-state index in [-0.39, 0.29) is 11.9 Å². The molecule has 2 aromatic rings. The second kappa shape index (κ2) is 7.06. The SMILES string of the molecule is C[C@H]1[C@H](NC(=O)c2ccc(Sc3ccc(Cl)[nH]3)cc2)C2CCN1CC2. The van der Waals surface area contributed by atoms with Crippen molar-refractivity contribution in [1.29, 1.82) is 0 Å². The average molecular weight is 376 g/mol. The third kappa shape index (κ3) is 3.59. The number of aromatic amines is 1. The molecule has 132 valence electrons. The number of carbonyl (C=O) groups excluding carboxylic acids is 1. The van der Waals surface area contributed by atoms with Crippen molar-refractivity contribution in [3.8, 4) is 0 Å². The largest absolute Gasteiger partial charge is 0.347 e. The standard InChI is InChI=1S/C19H22ClN3OS/c1-12-18(13-8-10-23(12)11-9-13)22-19(24)14-2-4-15(5-3-14)25-17-7-6-16(20)21-17/h2-7,12-13,18,21H,8-11H2,1H3,(H,22,24)/t12-,18-/m0/s1. The number of hydrogen-bond acceptors (Lipinski definition) is 3. The molecule has 0 spiro atoms. The Bertz CT molecular complexity index is 750. The molecule has 6 heteroatoms. The van der Waals surface area contributed by atoms with E-state index in [4.69, 9.17) is 11.6 Å². The number of piperidine rings is 3. The van der Waals surface area contributed by atoms with Crippen LogP contribution in [-0.2, 0) is 0 Å². The number of benzene rings is 1. The van der Waals surface area contributed by atoms with Gasteiger partial charge in [-0.3, -0.25) is 9.69 Å². The monoisotopic (exact) mass is 375 g/mol. The molecule has 4 heterocycles. The fourth-order valence-electron chi connectivity index (χ4n) is 3.99. The smallest absolute Gasteiger partial charge is 0.251 e. The molecule has 0 radical (unpaired) electrons. The van der Waals surface area contributed by atoms with Gasteiger partial charge in [-0.1, -0.05) is 23.4 Å². The van der Waals surface area contributed by atoms with Crippen LogP contribution in [0.15, 0.2) is 46.3 Å². The van der Waals surface area contributed by atoms with Gasteiger partial charge in [0, 0.05) is 22.5 Å². The van der Waals surface area contributed by atoms with Gasteiger partial charge in [-0.15, -0.1) is 0 Å². The van der Waals surface area contributed by atoms with Crippen LogP contribution in [0.25, 0.3) is 0 Å². The lowest BCUT2D eigenvalue weighted by Gasteiger charge is -2.49. The van der Waals surface area contributed by atoms with Crippen LogP contribution >= 0.6 is 23.4 Å². The lowest BCUT2D eigenvalue weighted by molar-refractivity contribution is 0.0217. The predicted molar refractivity (Wildman–Crippen MR) is 101 cm³/mol. The fourth-order valence-corrected chi connectivity index (χ4v) is 5.03. The van der Waals surface area contributed by atoms with Crippen LogP contribution < -0.4 is 5.32 Å². The van der Waals surface area contributed by atoms with Gasteiger partial charge in [0.2, 0.25) is 0 Å². The van der Waals surface area contributed by atoms with Crippen molar-refractivity contribution >= 4 is 29.3 Å². The van der Waals surface area contributed by atoms with Crippen molar-refractivity contribution in [2.45, 2.75) is 41.8 Å². The topological polar surface area (TPSA) is 48.1 Å². The summed E-state index contributed by atoms with van der Waals surface area (Å²) in [5.41, 5.74) is 0.720. The molecular weight excluding hydrogens is 354 g/mol. The highest BCUT2D eigenvalue weighted by Gasteiger charge is 2.40. The van der Waals surface area contributed by atoms with Crippen LogP contribution in [0, 0.1) is 5.92 Å². The summed E-state index contributed by atoms with van der Waals surface area (Å²) in [5.74, 6) is 0.654. The van der Waals surface area contributed by atoms with Crippen LogP contribution in [-0.4, -0.2) is 41.0 Å². The molecule has 5 rings (SSSR count). The second-order valence-electron chi connectivity index (χ2n) is 6.91. The Morgan fingerprint density at radius 1 is 1.20 bits per heavy atom. The molecule has 3 saturated heterocycles. The first-order valence-electron chi connectivity index (χ1n) is 8.77. The minimum atomic E-state index is 0.0325. The van der Waals surface area contributed by atoms with Crippen molar-refractivity contribution in [3.05, 3.63) is 47.1 Å². The van der Waals surface area contributed by atoms with E-state index in [1.165, 1.54) is 25.9 Å². The number of nitrogens with one attached hydrogen (secondary N) is 2. The number of carbonyl (C=O) groups is 1. The van der Waals surface area contributed by atoms with Gasteiger partial charge in [-0.25, -0.2) is 0 Å². The lowest BCUT2D eigenvalue weighted by atomic mass is 9.79. The minimum Gasteiger partial charge on any atom is -0.347 e. The van der Waals surface area contributed by atoms with E-state index in [1.807, 2.05) is 36.4 Å². The Hall–Kier alpha value is -1.43. The molecule has 0 aliphatic carbocycles. The Balaban J connectivity index is 1.40. The molecule has 25 heavy (non-hydrogen) atoms. The molecular formula is C19H22ClN3OS. The van der Waals surface area contributed by atoms with Crippen LogP contribution in [0.2, 0.25) is 5.15 Å². The zero-order valence-electron chi connectivity index (χ0n) is 14.2. The number of nitrogens with zero attached hydrogens (tertiary/aromatic N) is 1. The fraction of sp³-hybridized carbons (Fsp3) is 0.421. The van der Waals surface area contributed by atoms with E-state index in [0.29, 0.717) is 17.1 Å². The van der Waals surface area contributed by atoms with Gasteiger partial charge in [0.25, 0.3) is 5.91 Å². The summed E-state index contributed by atoms with van der Waals surface area (Å²) < 4.78 is 0. The highest BCUT2D eigenvalue weighted by Crippen LogP contribution is 2.32. The zero-order chi connectivity index (χ0) is 17.4. The van der Waals surface area contributed by atoms with Crippen LogP contribution in [0.3, 0.4) is 0 Å². The Kier molecular flexibility index (Phi) is 4.80. The Labute approximate surface area is 157 Å². The normalized spacial score (nSPS) is 28.1. The van der Waals surface area contributed by atoms with E-state index in [1.54, 1.807) is 11.8 Å². The number of fused-ring (bicyclic) bond motifs is 3. The summed E-state index contributed by atoms with van der Waals surface area (Å²) in [4.78, 5) is 19.3. The van der Waals surface area contributed by atoms with Gasteiger partial charge in [-0.2, -0.15) is 0 Å². The number of rotatable bonds is 4. The summed E-state index contributed by atoms with van der Waals surface area (Å²) in [6.45, 7) is 4.58. The third-order valence-electron chi connectivity index (χ3n) is 5.44. The molecule has 4 nitrogen and oxygen atoms in total. The van der Waals surface area contributed by atoms with Crippen molar-refractivity contribution in [1.82, 2.24) is 15.2 Å². The van der Waals surface area contributed by atoms with Crippen molar-refractivity contribution < 1.29 is 4.79 Å². The molecule has 2 atom stereocenters.